The third-order valence-corrected chi connectivity index (χ3v) is 4.05. The van der Waals surface area contributed by atoms with Gasteiger partial charge in [0.15, 0.2) is 6.61 Å². The lowest BCUT2D eigenvalue weighted by atomic mass is 9.97. The molecule has 1 amide bonds. The van der Waals surface area contributed by atoms with Crippen LogP contribution < -0.4 is 0 Å². The molecule has 0 aromatic carbocycles. The first kappa shape index (κ1) is 16.2. The van der Waals surface area contributed by atoms with E-state index in [1.54, 1.807) is 0 Å². The molecular weight excluding hydrogens is 296 g/mol. The van der Waals surface area contributed by atoms with Gasteiger partial charge in [-0.1, -0.05) is 0 Å². The number of nitro groups is 1. The molecule has 0 aromatic rings. The van der Waals surface area contributed by atoms with Crippen LogP contribution in [0.3, 0.4) is 0 Å². The number of amides is 1. The number of carbonyl (C=O) groups is 3. The van der Waals surface area contributed by atoms with Crippen LogP contribution in [0.5, 0.6) is 0 Å². The number of rotatable bonds is 5. The highest BCUT2D eigenvalue weighted by atomic mass is 16.6. The molecule has 2 fully saturated rings. The summed E-state index contributed by atoms with van der Waals surface area (Å²) in [5, 5.41) is 10.5. The fourth-order valence-corrected chi connectivity index (χ4v) is 2.53. The van der Waals surface area contributed by atoms with Crippen LogP contribution in [0, 0.1) is 22.0 Å². The molecule has 0 radical (unpaired) electrons. The van der Waals surface area contributed by atoms with Crippen molar-refractivity contribution in [2.24, 2.45) is 11.8 Å². The van der Waals surface area contributed by atoms with Crippen LogP contribution in [-0.4, -0.2) is 60.5 Å². The van der Waals surface area contributed by atoms with Crippen molar-refractivity contribution in [2.75, 3.05) is 26.8 Å². The van der Waals surface area contributed by atoms with Gasteiger partial charge in [-0.05, 0) is 12.8 Å². The van der Waals surface area contributed by atoms with Gasteiger partial charge in [0.25, 0.3) is 5.91 Å². The Morgan fingerprint density at radius 3 is 2.36 bits per heavy atom. The van der Waals surface area contributed by atoms with Crippen LogP contribution in [-0.2, 0) is 23.9 Å². The minimum Gasteiger partial charge on any atom is -0.469 e. The Balaban J connectivity index is 1.69. The molecule has 2 rings (SSSR count). The second-order valence-corrected chi connectivity index (χ2v) is 5.48. The van der Waals surface area contributed by atoms with E-state index < -0.39 is 29.5 Å². The Hall–Kier alpha value is -2.19. The molecule has 122 valence electrons. The topological polar surface area (TPSA) is 116 Å². The van der Waals surface area contributed by atoms with Crippen LogP contribution in [0.25, 0.3) is 0 Å². The largest absolute Gasteiger partial charge is 0.469 e. The first-order valence-electron chi connectivity index (χ1n) is 7.09. The lowest BCUT2D eigenvalue weighted by Gasteiger charge is -2.30. The predicted octanol–water partition coefficient (Wildman–Crippen LogP) is -0.394. The molecule has 22 heavy (non-hydrogen) atoms. The fraction of sp³-hybridized carbons (Fsp3) is 0.769. The van der Waals surface area contributed by atoms with E-state index in [2.05, 4.69) is 4.74 Å². The minimum atomic E-state index is -0.876. The van der Waals surface area contributed by atoms with E-state index in [0.717, 1.165) is 0 Å². The number of likely N-dealkylation sites (tertiary alicyclic amines) is 1. The standard InChI is InChI=1S/C13H18N2O7/c1-21-12(17)8-2-4-14(5-3-8)11(16)7-22-13(18)9-6-10(9)15(19)20/h8-10H,2-7H2,1H3. The zero-order chi connectivity index (χ0) is 16.3. The molecular formula is C13H18N2O7. The second kappa shape index (κ2) is 6.71. The van der Waals surface area contributed by atoms with Gasteiger partial charge < -0.3 is 14.4 Å². The molecule has 1 heterocycles. The lowest BCUT2D eigenvalue weighted by molar-refractivity contribution is -0.497. The van der Waals surface area contributed by atoms with Gasteiger partial charge in [-0.25, -0.2) is 0 Å². The number of methoxy groups -OCH3 is 1. The number of carbonyl (C=O) groups excluding carboxylic acids is 3. The lowest BCUT2D eigenvalue weighted by Crippen LogP contribution is -2.42. The summed E-state index contributed by atoms with van der Waals surface area (Å²) in [5.41, 5.74) is 0. The van der Waals surface area contributed by atoms with E-state index in [4.69, 9.17) is 4.74 Å². The number of piperidine rings is 1. The van der Waals surface area contributed by atoms with Gasteiger partial charge in [-0.15, -0.1) is 0 Å². The van der Waals surface area contributed by atoms with E-state index in [1.165, 1.54) is 12.0 Å². The summed E-state index contributed by atoms with van der Waals surface area (Å²) in [5.74, 6) is -2.26. The van der Waals surface area contributed by atoms with Gasteiger partial charge in [-0.2, -0.15) is 0 Å². The second-order valence-electron chi connectivity index (χ2n) is 5.48. The monoisotopic (exact) mass is 314 g/mol. The average Bonchev–Trinajstić information content (AvgIpc) is 3.32. The Morgan fingerprint density at radius 1 is 1.23 bits per heavy atom. The van der Waals surface area contributed by atoms with Gasteiger partial charge in [0.1, 0.15) is 5.92 Å². The molecule has 2 aliphatic rings. The maximum Gasteiger partial charge on any atom is 0.316 e. The SMILES string of the molecule is COC(=O)C1CCN(C(=O)COC(=O)C2CC2[N+](=O)[O-])CC1. The molecule has 2 atom stereocenters. The van der Waals surface area contributed by atoms with E-state index >= 15 is 0 Å². The zero-order valence-corrected chi connectivity index (χ0v) is 12.2. The molecule has 1 saturated carbocycles. The molecule has 0 spiro atoms. The summed E-state index contributed by atoms with van der Waals surface area (Å²) in [4.78, 5) is 46.3. The first-order valence-corrected chi connectivity index (χ1v) is 7.09. The maximum absolute atomic E-state index is 11.9. The highest BCUT2D eigenvalue weighted by Crippen LogP contribution is 2.34. The van der Waals surface area contributed by atoms with Gasteiger partial charge in [0.2, 0.25) is 6.04 Å². The zero-order valence-electron chi connectivity index (χ0n) is 12.2. The Bertz CT molecular complexity index is 485. The van der Waals surface area contributed by atoms with Gasteiger partial charge in [-0.3, -0.25) is 24.5 Å². The highest BCUT2D eigenvalue weighted by molar-refractivity contribution is 5.83. The minimum absolute atomic E-state index is 0.171. The summed E-state index contributed by atoms with van der Waals surface area (Å²) in [7, 11) is 1.33. The van der Waals surface area contributed by atoms with Crippen molar-refractivity contribution in [3.05, 3.63) is 10.1 Å². The Labute approximate surface area is 126 Å². The summed E-state index contributed by atoms with van der Waals surface area (Å²) in [6, 6.07) is -0.876. The van der Waals surface area contributed by atoms with E-state index in [1.807, 2.05) is 0 Å². The van der Waals surface area contributed by atoms with Crippen molar-refractivity contribution in [3.8, 4) is 0 Å². The predicted molar refractivity (Wildman–Crippen MR) is 71.2 cm³/mol. The molecule has 1 aliphatic heterocycles. The van der Waals surface area contributed by atoms with Gasteiger partial charge in [0, 0.05) is 24.4 Å². The third kappa shape index (κ3) is 3.71. The molecule has 9 heteroatoms. The summed E-state index contributed by atoms with van der Waals surface area (Å²) < 4.78 is 9.49. The van der Waals surface area contributed by atoms with Crippen molar-refractivity contribution in [1.82, 2.24) is 4.90 Å². The summed E-state index contributed by atoms with van der Waals surface area (Å²) in [6.07, 6.45) is 1.20. The van der Waals surface area contributed by atoms with Crippen molar-refractivity contribution >= 4 is 17.8 Å². The van der Waals surface area contributed by atoms with Gasteiger partial charge in [0.05, 0.1) is 13.0 Å². The average molecular weight is 314 g/mol. The number of esters is 2. The normalized spacial score (nSPS) is 24.5. The molecule has 0 aromatic heterocycles. The van der Waals surface area contributed by atoms with Crippen LogP contribution in [0.1, 0.15) is 19.3 Å². The molecule has 1 aliphatic carbocycles. The molecule has 0 N–H and O–H groups in total. The van der Waals surface area contributed by atoms with Crippen LogP contribution in [0.4, 0.5) is 0 Å². The Kier molecular flexibility index (Phi) is 4.94. The van der Waals surface area contributed by atoms with Crippen molar-refractivity contribution in [1.29, 1.82) is 0 Å². The smallest absolute Gasteiger partial charge is 0.316 e. The molecule has 1 saturated heterocycles. The fourth-order valence-electron chi connectivity index (χ4n) is 2.53. The quantitative estimate of drug-likeness (QED) is 0.385. The number of hydrogen-bond donors (Lipinski definition) is 0. The van der Waals surface area contributed by atoms with Gasteiger partial charge >= 0.3 is 11.9 Å². The molecule has 9 nitrogen and oxygen atoms in total. The van der Waals surface area contributed by atoms with Crippen molar-refractivity contribution in [2.45, 2.75) is 25.3 Å². The molecule has 0 bridgehead atoms. The first-order chi connectivity index (χ1) is 10.4. The highest BCUT2D eigenvalue weighted by Gasteiger charge is 2.54. The van der Waals surface area contributed by atoms with Crippen molar-refractivity contribution < 1.29 is 28.8 Å². The number of ether oxygens (including phenoxy) is 2. The maximum atomic E-state index is 11.9. The Morgan fingerprint density at radius 2 is 1.86 bits per heavy atom. The van der Waals surface area contributed by atoms with Crippen LogP contribution >= 0.6 is 0 Å². The van der Waals surface area contributed by atoms with Crippen LogP contribution in [0.2, 0.25) is 0 Å². The third-order valence-electron chi connectivity index (χ3n) is 4.05. The number of nitrogens with zero attached hydrogens (tertiary/aromatic N) is 2. The van der Waals surface area contributed by atoms with E-state index in [0.29, 0.717) is 25.9 Å². The summed E-state index contributed by atoms with van der Waals surface area (Å²) in [6.45, 7) is 0.386. The van der Waals surface area contributed by atoms with E-state index in [-0.39, 0.29) is 24.2 Å². The van der Waals surface area contributed by atoms with Crippen molar-refractivity contribution in [3.63, 3.8) is 0 Å². The molecule has 2 unspecified atom stereocenters. The van der Waals surface area contributed by atoms with E-state index in [9.17, 15) is 24.5 Å². The number of hydrogen-bond acceptors (Lipinski definition) is 7. The summed E-state index contributed by atoms with van der Waals surface area (Å²) >= 11 is 0. The van der Waals surface area contributed by atoms with Crippen LogP contribution in [0.15, 0.2) is 0 Å².